The number of ether oxygens (including phenoxy) is 3. The molecule has 1 saturated carbocycles. The van der Waals surface area contributed by atoms with E-state index in [-0.39, 0.29) is 34.2 Å². The van der Waals surface area contributed by atoms with E-state index in [1.165, 1.54) is 24.3 Å². The molecule has 3 atom stereocenters. The lowest BCUT2D eigenvalue weighted by Gasteiger charge is -2.16. The van der Waals surface area contributed by atoms with Crippen LogP contribution in [-0.4, -0.2) is 56.0 Å². The van der Waals surface area contributed by atoms with Crippen LogP contribution in [0.2, 0.25) is 0 Å². The molecule has 0 aliphatic heterocycles. The summed E-state index contributed by atoms with van der Waals surface area (Å²) in [6, 6.07) is 12.4. The van der Waals surface area contributed by atoms with Crippen molar-refractivity contribution in [3.05, 3.63) is 60.3 Å². The van der Waals surface area contributed by atoms with Crippen LogP contribution in [0.1, 0.15) is 24.2 Å². The monoisotopic (exact) mass is 527 g/mol. The molecular formula is C26H29N3O7S. The Morgan fingerprint density at radius 1 is 1.11 bits per heavy atom. The second-order valence-corrected chi connectivity index (χ2v) is 11.1. The Bertz CT molecular complexity index is 1400. The number of anilines is 1. The Kier molecular flexibility index (Phi) is 7.65. The molecule has 4 rings (SSSR count). The third-order valence-corrected chi connectivity index (χ3v) is 7.07. The highest BCUT2D eigenvalue weighted by molar-refractivity contribution is 7.90. The molecule has 0 radical (unpaired) electrons. The lowest BCUT2D eigenvalue weighted by Crippen LogP contribution is -2.18. The van der Waals surface area contributed by atoms with Gasteiger partial charge < -0.3 is 19.5 Å². The molecule has 1 amide bonds. The van der Waals surface area contributed by atoms with E-state index in [4.69, 9.17) is 14.2 Å². The Morgan fingerprint density at radius 3 is 2.41 bits per heavy atom. The molecule has 0 spiro atoms. The Balaban J connectivity index is 1.53. The summed E-state index contributed by atoms with van der Waals surface area (Å²) in [4.78, 5) is 24.8. The summed E-state index contributed by atoms with van der Waals surface area (Å²) in [6.45, 7) is 4.55. The molecular weight excluding hydrogens is 498 g/mol. The van der Waals surface area contributed by atoms with Gasteiger partial charge in [0.2, 0.25) is 0 Å². The van der Waals surface area contributed by atoms with E-state index >= 15 is 0 Å². The molecule has 1 aromatic heterocycles. The van der Waals surface area contributed by atoms with Crippen molar-refractivity contribution >= 4 is 27.3 Å². The topological polar surface area (TPSA) is 126 Å². The zero-order valence-electron chi connectivity index (χ0n) is 21.0. The maximum atomic E-state index is 13.1. The number of carbonyl (C=O) groups is 2. The van der Waals surface area contributed by atoms with Crippen LogP contribution in [0, 0.1) is 11.8 Å². The van der Waals surface area contributed by atoms with E-state index in [9.17, 15) is 18.0 Å². The number of ketones is 1. The van der Waals surface area contributed by atoms with Crippen molar-refractivity contribution in [2.75, 3.05) is 25.3 Å². The van der Waals surface area contributed by atoms with Crippen LogP contribution >= 0.6 is 0 Å². The fourth-order valence-electron chi connectivity index (χ4n) is 3.82. The first-order valence-electron chi connectivity index (χ1n) is 11.7. The first-order chi connectivity index (χ1) is 17.5. The molecule has 196 valence electrons. The van der Waals surface area contributed by atoms with Gasteiger partial charge in [0.05, 0.1) is 18.0 Å². The number of methoxy groups -OCH3 is 1. The van der Waals surface area contributed by atoms with Crippen molar-refractivity contribution in [3.63, 3.8) is 0 Å². The van der Waals surface area contributed by atoms with E-state index in [2.05, 4.69) is 10.4 Å². The predicted molar refractivity (Wildman–Crippen MR) is 136 cm³/mol. The van der Waals surface area contributed by atoms with Gasteiger partial charge in [-0.1, -0.05) is 6.92 Å². The van der Waals surface area contributed by atoms with E-state index in [1.807, 2.05) is 13.8 Å². The summed E-state index contributed by atoms with van der Waals surface area (Å²) in [6.07, 6.45) is 2.56. The Morgan fingerprint density at radius 2 is 1.78 bits per heavy atom. The molecule has 0 saturated heterocycles. The number of nitrogens with zero attached hydrogens (tertiary/aromatic N) is 2. The molecule has 0 bridgehead atoms. The van der Waals surface area contributed by atoms with Crippen LogP contribution in [0.3, 0.4) is 0 Å². The van der Waals surface area contributed by atoms with E-state index in [1.54, 1.807) is 42.3 Å². The highest BCUT2D eigenvalue weighted by Gasteiger charge is 2.45. The smallest absolute Gasteiger partial charge is 0.257 e. The van der Waals surface area contributed by atoms with E-state index in [0.717, 1.165) is 6.26 Å². The number of sulfone groups is 1. The second-order valence-electron chi connectivity index (χ2n) is 9.10. The zero-order valence-corrected chi connectivity index (χ0v) is 21.8. The molecule has 1 aliphatic carbocycles. The van der Waals surface area contributed by atoms with Crippen LogP contribution in [0.5, 0.6) is 17.2 Å². The van der Waals surface area contributed by atoms with Crippen molar-refractivity contribution in [2.45, 2.75) is 31.4 Å². The van der Waals surface area contributed by atoms with Crippen LogP contribution in [0.4, 0.5) is 5.82 Å². The highest BCUT2D eigenvalue weighted by atomic mass is 32.2. The lowest BCUT2D eigenvalue weighted by molar-refractivity contribution is -0.112. The summed E-state index contributed by atoms with van der Waals surface area (Å²) in [5, 5.41) is 7.10. The number of benzene rings is 2. The van der Waals surface area contributed by atoms with Crippen molar-refractivity contribution < 1.29 is 32.2 Å². The number of amides is 1. The van der Waals surface area contributed by atoms with Crippen LogP contribution in [0.15, 0.2) is 59.6 Å². The zero-order chi connectivity index (χ0) is 26.7. The molecule has 2 aromatic carbocycles. The highest BCUT2D eigenvalue weighted by Crippen LogP contribution is 2.34. The maximum Gasteiger partial charge on any atom is 0.257 e. The minimum atomic E-state index is -3.34. The van der Waals surface area contributed by atoms with Crippen LogP contribution < -0.4 is 14.8 Å². The summed E-state index contributed by atoms with van der Waals surface area (Å²) in [5.41, 5.74) is 0.269. The summed E-state index contributed by atoms with van der Waals surface area (Å²) in [5.74, 6) is 1.27. The van der Waals surface area contributed by atoms with Crippen molar-refractivity contribution in [2.24, 2.45) is 11.8 Å². The molecule has 3 aromatic rings. The van der Waals surface area contributed by atoms with Gasteiger partial charge in [0.15, 0.2) is 15.7 Å². The van der Waals surface area contributed by atoms with Gasteiger partial charge in [0, 0.05) is 49.1 Å². The SMILES string of the molecule is COC[C@H](C)Oc1cc(Oc2ccc(S(C)(=O)=O)cc2)cc(C(=O)Nc2ccn(CC3C(=O)C3C)n2)c1. The molecule has 2 unspecified atom stereocenters. The van der Waals surface area contributed by atoms with Gasteiger partial charge >= 0.3 is 0 Å². The minimum Gasteiger partial charge on any atom is -0.488 e. The summed E-state index contributed by atoms with van der Waals surface area (Å²) in [7, 11) is -1.77. The molecule has 10 nitrogen and oxygen atoms in total. The third-order valence-electron chi connectivity index (χ3n) is 5.94. The van der Waals surface area contributed by atoms with Gasteiger partial charge in [-0.05, 0) is 43.3 Å². The van der Waals surface area contributed by atoms with Crippen molar-refractivity contribution in [1.82, 2.24) is 9.78 Å². The largest absolute Gasteiger partial charge is 0.488 e. The standard InChI is InChI=1S/C26H29N3O7S/c1-16(15-34-3)35-20-11-18(12-21(13-20)36-19-5-7-22(8-6-19)37(4,32)33)26(31)27-24-9-10-29(28-24)14-23-17(2)25(23)30/h5-13,16-17,23H,14-15H2,1-4H3,(H,27,28,31)/t16-,17?,23?/m0/s1. The number of carbonyl (C=O) groups excluding carboxylic acids is 2. The first kappa shape index (κ1) is 26.4. The number of Topliss-reactive ketones (excluding diaryl/α,β-unsaturated/α-hetero) is 1. The molecule has 37 heavy (non-hydrogen) atoms. The quantitative estimate of drug-likeness (QED) is 0.401. The van der Waals surface area contributed by atoms with Crippen LogP contribution in [0.25, 0.3) is 0 Å². The molecule has 1 heterocycles. The number of aromatic nitrogens is 2. The second kappa shape index (κ2) is 10.7. The van der Waals surface area contributed by atoms with Gasteiger partial charge in [-0.15, -0.1) is 0 Å². The predicted octanol–water partition coefficient (Wildman–Crippen LogP) is 3.58. The van der Waals surface area contributed by atoms with Gasteiger partial charge in [-0.2, -0.15) is 5.10 Å². The average Bonchev–Trinajstić information content (AvgIpc) is 3.17. The number of nitrogens with one attached hydrogen (secondary N) is 1. The first-order valence-corrected chi connectivity index (χ1v) is 13.6. The average molecular weight is 528 g/mol. The number of rotatable bonds is 11. The summed E-state index contributed by atoms with van der Waals surface area (Å²) >= 11 is 0. The molecule has 1 aliphatic rings. The number of hydrogen-bond donors (Lipinski definition) is 1. The van der Waals surface area contributed by atoms with E-state index < -0.39 is 15.7 Å². The molecule has 1 fully saturated rings. The fourth-order valence-corrected chi connectivity index (χ4v) is 4.45. The lowest BCUT2D eigenvalue weighted by atomic mass is 10.2. The van der Waals surface area contributed by atoms with Crippen molar-refractivity contribution in [3.8, 4) is 17.2 Å². The van der Waals surface area contributed by atoms with Crippen molar-refractivity contribution in [1.29, 1.82) is 0 Å². The van der Waals surface area contributed by atoms with Gasteiger partial charge in [-0.25, -0.2) is 8.42 Å². The molecule has 11 heteroatoms. The van der Waals surface area contributed by atoms with E-state index in [0.29, 0.717) is 36.2 Å². The Hall–Kier alpha value is -3.70. The van der Waals surface area contributed by atoms with Crippen LogP contribution in [-0.2, 0) is 25.9 Å². The molecule has 1 N–H and O–H groups in total. The van der Waals surface area contributed by atoms with Gasteiger partial charge in [0.1, 0.15) is 29.1 Å². The van der Waals surface area contributed by atoms with Gasteiger partial charge in [-0.3, -0.25) is 14.3 Å². The summed E-state index contributed by atoms with van der Waals surface area (Å²) < 4.78 is 42.0. The minimum absolute atomic E-state index is 0.0300. The van der Waals surface area contributed by atoms with Gasteiger partial charge in [0.25, 0.3) is 5.91 Å². The normalized spacial score (nSPS) is 17.8. The fraction of sp³-hybridized carbons (Fsp3) is 0.346. The third kappa shape index (κ3) is 6.75. The maximum absolute atomic E-state index is 13.1. The number of hydrogen-bond acceptors (Lipinski definition) is 8. The Labute approximate surface area is 215 Å².